The monoisotopic (exact) mass is 412 g/mol. The smallest absolute Gasteiger partial charge is 0.430 e. The molecular weight excluding hydrogens is 397 g/mol. The van der Waals surface area contributed by atoms with E-state index < -0.39 is 23.8 Å². The van der Waals surface area contributed by atoms with Crippen LogP contribution in [0.1, 0.15) is 5.56 Å². The molecule has 1 atom stereocenters. The van der Waals surface area contributed by atoms with Gasteiger partial charge in [-0.2, -0.15) is 18.2 Å². The average molecular weight is 412 g/mol. The number of hydrogen-bond acceptors (Lipinski definition) is 7. The number of nitrogens with zero attached hydrogens (tertiary/aromatic N) is 2. The van der Waals surface area contributed by atoms with E-state index in [0.717, 1.165) is 6.08 Å². The van der Waals surface area contributed by atoms with Gasteiger partial charge in [0.25, 0.3) is 0 Å². The lowest BCUT2D eigenvalue weighted by Gasteiger charge is -2.27. The van der Waals surface area contributed by atoms with E-state index in [2.05, 4.69) is 9.97 Å². The Kier molecular flexibility index (Phi) is 5.23. The molecule has 29 heavy (non-hydrogen) atoms. The van der Waals surface area contributed by atoms with E-state index in [9.17, 15) is 23.1 Å². The molecule has 1 aliphatic heterocycles. The van der Waals surface area contributed by atoms with Crippen molar-refractivity contribution in [2.45, 2.75) is 12.3 Å². The van der Waals surface area contributed by atoms with Gasteiger partial charge in [-0.25, -0.2) is 9.78 Å². The summed E-state index contributed by atoms with van der Waals surface area (Å²) in [5, 5.41) is 9.20. The molecule has 2 heterocycles. The van der Waals surface area contributed by atoms with Crippen molar-refractivity contribution in [3.8, 4) is 34.5 Å². The SMILES string of the molecule is COc1ncc(-c2cc3c(cc2OC)OC(C(F)(F)F)C(C(=O)O)=C3)c(OC)n1. The predicted octanol–water partition coefficient (Wildman–Crippen LogP) is 2.96. The molecule has 0 radical (unpaired) electrons. The van der Waals surface area contributed by atoms with Gasteiger partial charge in [-0.3, -0.25) is 0 Å². The number of aromatic nitrogens is 2. The summed E-state index contributed by atoms with van der Waals surface area (Å²) in [6, 6.07) is 2.70. The van der Waals surface area contributed by atoms with Crippen molar-refractivity contribution in [2.75, 3.05) is 21.3 Å². The van der Waals surface area contributed by atoms with Crippen LogP contribution in [0, 0.1) is 0 Å². The fourth-order valence-electron chi connectivity index (χ4n) is 2.81. The van der Waals surface area contributed by atoms with Crippen molar-refractivity contribution in [1.82, 2.24) is 9.97 Å². The Hall–Kier alpha value is -3.50. The lowest BCUT2D eigenvalue weighted by atomic mass is 9.97. The number of halogens is 3. The van der Waals surface area contributed by atoms with Crippen LogP contribution in [-0.2, 0) is 4.79 Å². The molecule has 0 bridgehead atoms. The van der Waals surface area contributed by atoms with E-state index in [0.29, 0.717) is 11.1 Å². The number of benzene rings is 1. The Bertz CT molecular complexity index is 990. The Morgan fingerprint density at radius 1 is 1.14 bits per heavy atom. The highest BCUT2D eigenvalue weighted by Crippen LogP contribution is 2.44. The second-order valence-corrected chi connectivity index (χ2v) is 5.81. The van der Waals surface area contributed by atoms with E-state index in [1.54, 1.807) is 0 Å². The van der Waals surface area contributed by atoms with Gasteiger partial charge in [0.15, 0.2) is 0 Å². The number of aliphatic carboxylic acids is 1. The summed E-state index contributed by atoms with van der Waals surface area (Å²) in [6.07, 6.45) is -5.19. The summed E-state index contributed by atoms with van der Waals surface area (Å²) in [7, 11) is 4.07. The predicted molar refractivity (Wildman–Crippen MR) is 93.2 cm³/mol. The fourth-order valence-corrected chi connectivity index (χ4v) is 2.81. The largest absolute Gasteiger partial charge is 0.496 e. The minimum Gasteiger partial charge on any atom is -0.496 e. The minimum absolute atomic E-state index is 0.0481. The third-order valence-electron chi connectivity index (χ3n) is 4.11. The van der Waals surface area contributed by atoms with Crippen LogP contribution in [0.15, 0.2) is 23.9 Å². The quantitative estimate of drug-likeness (QED) is 0.800. The summed E-state index contributed by atoms with van der Waals surface area (Å²) < 4.78 is 60.1. The maximum atomic E-state index is 13.2. The molecule has 1 N–H and O–H groups in total. The molecule has 8 nitrogen and oxygen atoms in total. The summed E-state index contributed by atoms with van der Waals surface area (Å²) in [5.74, 6) is -1.63. The van der Waals surface area contributed by atoms with E-state index in [1.165, 1.54) is 39.7 Å². The molecule has 3 rings (SSSR count). The van der Waals surface area contributed by atoms with Crippen LogP contribution < -0.4 is 18.9 Å². The zero-order valence-electron chi connectivity index (χ0n) is 15.4. The van der Waals surface area contributed by atoms with Crippen LogP contribution in [0.4, 0.5) is 13.2 Å². The average Bonchev–Trinajstić information content (AvgIpc) is 2.70. The fraction of sp³-hybridized carbons (Fsp3) is 0.278. The summed E-state index contributed by atoms with van der Waals surface area (Å²) in [5.41, 5.74) is -0.0902. The summed E-state index contributed by atoms with van der Waals surface area (Å²) >= 11 is 0. The molecule has 0 fully saturated rings. The topological polar surface area (TPSA) is 100 Å². The van der Waals surface area contributed by atoms with Gasteiger partial charge < -0.3 is 24.1 Å². The zero-order valence-corrected chi connectivity index (χ0v) is 15.4. The number of fused-ring (bicyclic) bond motifs is 1. The van der Waals surface area contributed by atoms with Crippen molar-refractivity contribution in [3.05, 3.63) is 29.5 Å². The van der Waals surface area contributed by atoms with Gasteiger partial charge in [0, 0.05) is 23.4 Å². The van der Waals surface area contributed by atoms with Gasteiger partial charge in [-0.1, -0.05) is 0 Å². The maximum Gasteiger partial charge on any atom is 0.430 e. The number of carboxylic acid groups (broad SMARTS) is 1. The second kappa shape index (κ2) is 7.49. The molecule has 154 valence electrons. The first-order chi connectivity index (χ1) is 13.7. The molecule has 0 amide bonds. The van der Waals surface area contributed by atoms with Crippen LogP contribution in [0.25, 0.3) is 17.2 Å². The van der Waals surface area contributed by atoms with Gasteiger partial charge >= 0.3 is 18.2 Å². The number of alkyl halides is 3. The lowest BCUT2D eigenvalue weighted by Crippen LogP contribution is -2.40. The Morgan fingerprint density at radius 2 is 1.86 bits per heavy atom. The van der Waals surface area contributed by atoms with Crippen molar-refractivity contribution < 1.29 is 42.0 Å². The Balaban J connectivity index is 2.19. The van der Waals surface area contributed by atoms with Crippen LogP contribution in [0.5, 0.6) is 23.4 Å². The van der Waals surface area contributed by atoms with Crippen LogP contribution >= 0.6 is 0 Å². The third kappa shape index (κ3) is 3.75. The van der Waals surface area contributed by atoms with Gasteiger partial charge in [0.2, 0.25) is 12.0 Å². The summed E-state index contributed by atoms with van der Waals surface area (Å²) in [6.45, 7) is 0. The van der Waals surface area contributed by atoms with Crippen molar-refractivity contribution in [1.29, 1.82) is 0 Å². The van der Waals surface area contributed by atoms with E-state index in [-0.39, 0.29) is 29.0 Å². The van der Waals surface area contributed by atoms with Gasteiger partial charge in [0.1, 0.15) is 11.5 Å². The molecular formula is C18H15F3N2O6. The van der Waals surface area contributed by atoms with E-state index in [4.69, 9.17) is 18.9 Å². The van der Waals surface area contributed by atoms with E-state index >= 15 is 0 Å². The number of ether oxygens (including phenoxy) is 4. The molecule has 1 aromatic carbocycles. The minimum atomic E-state index is -4.90. The number of carbonyl (C=O) groups is 1. The normalized spacial score (nSPS) is 15.7. The van der Waals surface area contributed by atoms with Crippen LogP contribution in [0.3, 0.4) is 0 Å². The summed E-state index contributed by atoms with van der Waals surface area (Å²) in [4.78, 5) is 19.4. The molecule has 1 unspecified atom stereocenters. The number of rotatable bonds is 5. The molecule has 2 aromatic rings. The first-order valence-corrected chi connectivity index (χ1v) is 8.05. The van der Waals surface area contributed by atoms with Crippen molar-refractivity contribution in [2.24, 2.45) is 0 Å². The molecule has 11 heteroatoms. The van der Waals surface area contributed by atoms with Gasteiger partial charge in [0.05, 0.1) is 32.5 Å². The second-order valence-electron chi connectivity index (χ2n) is 5.81. The first kappa shape index (κ1) is 20.2. The highest BCUT2D eigenvalue weighted by Gasteiger charge is 2.48. The maximum absolute atomic E-state index is 13.2. The standard InChI is InChI=1S/C18H15F3N2O6/c1-26-13-6-12-8(5-10(16(24)25)14(29-12)18(19,20)21)4-9(13)11-7-22-17(28-3)23-15(11)27-2/h4-7,14H,1-3H3,(H,24,25). The molecule has 1 aromatic heterocycles. The Morgan fingerprint density at radius 3 is 2.41 bits per heavy atom. The molecule has 0 spiro atoms. The van der Waals surface area contributed by atoms with Gasteiger partial charge in [-0.15, -0.1) is 0 Å². The van der Waals surface area contributed by atoms with Crippen molar-refractivity contribution >= 4 is 12.0 Å². The lowest BCUT2D eigenvalue weighted by molar-refractivity contribution is -0.187. The van der Waals surface area contributed by atoms with Crippen molar-refractivity contribution in [3.63, 3.8) is 0 Å². The molecule has 0 saturated heterocycles. The number of carboxylic acids is 1. The molecule has 0 aliphatic carbocycles. The number of methoxy groups -OCH3 is 3. The Labute approximate surface area is 162 Å². The molecule has 0 saturated carbocycles. The zero-order chi connectivity index (χ0) is 21.3. The van der Waals surface area contributed by atoms with Gasteiger partial charge in [-0.05, 0) is 12.1 Å². The van der Waals surface area contributed by atoms with E-state index in [1.807, 2.05) is 0 Å². The number of hydrogen-bond donors (Lipinski definition) is 1. The first-order valence-electron chi connectivity index (χ1n) is 8.05. The molecule has 1 aliphatic rings. The van der Waals surface area contributed by atoms with Crippen LogP contribution in [0.2, 0.25) is 0 Å². The highest BCUT2D eigenvalue weighted by atomic mass is 19.4. The highest BCUT2D eigenvalue weighted by molar-refractivity contribution is 5.95. The van der Waals surface area contributed by atoms with Crippen LogP contribution in [-0.4, -0.2) is 54.7 Å². The third-order valence-corrected chi connectivity index (χ3v) is 4.11.